The van der Waals surface area contributed by atoms with E-state index >= 15 is 0 Å². The molecule has 2 N–H and O–H groups in total. The first-order chi connectivity index (χ1) is 10.1. The maximum atomic E-state index is 6.44. The molecule has 21 heavy (non-hydrogen) atoms. The molecule has 0 saturated carbocycles. The average molecular weight is 284 g/mol. The van der Waals surface area contributed by atoms with Gasteiger partial charge in [0.25, 0.3) is 0 Å². The Balaban J connectivity index is 1.84. The van der Waals surface area contributed by atoms with Crippen LogP contribution in [0.4, 0.5) is 0 Å². The predicted octanol–water partition coefficient (Wildman–Crippen LogP) is 3.04. The largest absolute Gasteiger partial charge is 0.493 e. The van der Waals surface area contributed by atoms with Gasteiger partial charge in [0.15, 0.2) is 0 Å². The quantitative estimate of drug-likeness (QED) is 0.937. The van der Waals surface area contributed by atoms with Gasteiger partial charge in [0.2, 0.25) is 0 Å². The monoisotopic (exact) mass is 284 g/mol. The molecule has 4 nitrogen and oxygen atoms in total. The third kappa shape index (κ3) is 2.85. The van der Waals surface area contributed by atoms with Crippen molar-refractivity contribution in [2.45, 2.75) is 31.9 Å². The lowest BCUT2D eigenvalue weighted by atomic mass is 9.90. The van der Waals surface area contributed by atoms with Gasteiger partial charge < -0.3 is 15.2 Å². The molecular weight excluding hydrogens is 264 g/mol. The summed E-state index contributed by atoms with van der Waals surface area (Å²) in [4.78, 5) is 4.24. The van der Waals surface area contributed by atoms with Crippen LogP contribution in [0.5, 0.6) is 11.5 Å². The standard InChI is InChI=1S/C17H20N2O2/c1-11(2)21-13-7-12(8-19-9-13)17(18)15-10-20-16-6-4-3-5-14(15)16/h3-9,11,15,17H,10,18H2,1-2H3. The summed E-state index contributed by atoms with van der Waals surface area (Å²) < 4.78 is 11.4. The van der Waals surface area contributed by atoms with E-state index in [1.54, 1.807) is 12.4 Å². The van der Waals surface area contributed by atoms with Gasteiger partial charge in [-0.3, -0.25) is 4.98 Å². The van der Waals surface area contributed by atoms with E-state index in [-0.39, 0.29) is 18.1 Å². The summed E-state index contributed by atoms with van der Waals surface area (Å²) in [6, 6.07) is 9.87. The van der Waals surface area contributed by atoms with E-state index in [4.69, 9.17) is 15.2 Å². The Morgan fingerprint density at radius 1 is 1.29 bits per heavy atom. The van der Waals surface area contributed by atoms with Crippen LogP contribution in [0.1, 0.15) is 36.9 Å². The fourth-order valence-corrected chi connectivity index (χ4v) is 2.67. The number of aromatic nitrogens is 1. The summed E-state index contributed by atoms with van der Waals surface area (Å²) in [6.07, 6.45) is 3.64. The van der Waals surface area contributed by atoms with Crippen LogP contribution in [-0.2, 0) is 0 Å². The minimum Gasteiger partial charge on any atom is -0.493 e. The Labute approximate surface area is 124 Å². The van der Waals surface area contributed by atoms with Gasteiger partial charge in [-0.05, 0) is 31.5 Å². The molecule has 0 fully saturated rings. The van der Waals surface area contributed by atoms with Crippen LogP contribution in [-0.4, -0.2) is 17.7 Å². The van der Waals surface area contributed by atoms with Gasteiger partial charge in [-0.1, -0.05) is 18.2 Å². The summed E-state index contributed by atoms with van der Waals surface area (Å²) in [5.41, 5.74) is 8.58. The highest BCUT2D eigenvalue weighted by atomic mass is 16.5. The van der Waals surface area contributed by atoms with Gasteiger partial charge in [-0.25, -0.2) is 0 Å². The minimum atomic E-state index is -0.156. The van der Waals surface area contributed by atoms with Crippen molar-refractivity contribution in [1.82, 2.24) is 4.98 Å². The Morgan fingerprint density at radius 3 is 2.90 bits per heavy atom. The second-order valence-electron chi connectivity index (χ2n) is 5.60. The van der Waals surface area contributed by atoms with Crippen molar-refractivity contribution in [2.75, 3.05) is 6.61 Å². The predicted molar refractivity (Wildman–Crippen MR) is 81.6 cm³/mol. The molecule has 2 atom stereocenters. The van der Waals surface area contributed by atoms with E-state index in [2.05, 4.69) is 11.1 Å². The molecule has 0 aliphatic carbocycles. The van der Waals surface area contributed by atoms with Crippen molar-refractivity contribution in [2.24, 2.45) is 5.73 Å². The van der Waals surface area contributed by atoms with Gasteiger partial charge in [0.05, 0.1) is 18.9 Å². The highest BCUT2D eigenvalue weighted by molar-refractivity contribution is 5.42. The number of nitrogens with zero attached hydrogens (tertiary/aromatic N) is 1. The molecule has 1 aliphatic heterocycles. The lowest BCUT2D eigenvalue weighted by Gasteiger charge is -2.19. The molecule has 1 aromatic heterocycles. The highest BCUT2D eigenvalue weighted by Crippen LogP contribution is 2.40. The number of para-hydroxylation sites is 1. The highest BCUT2D eigenvalue weighted by Gasteiger charge is 2.30. The molecule has 0 bridgehead atoms. The van der Waals surface area contributed by atoms with Crippen molar-refractivity contribution < 1.29 is 9.47 Å². The number of pyridine rings is 1. The molecular formula is C17H20N2O2. The van der Waals surface area contributed by atoms with Crippen molar-refractivity contribution in [3.8, 4) is 11.5 Å². The zero-order valence-corrected chi connectivity index (χ0v) is 12.3. The van der Waals surface area contributed by atoms with Crippen LogP contribution in [0.2, 0.25) is 0 Å². The lowest BCUT2D eigenvalue weighted by molar-refractivity contribution is 0.241. The summed E-state index contributed by atoms with van der Waals surface area (Å²) in [7, 11) is 0. The van der Waals surface area contributed by atoms with Crippen LogP contribution >= 0.6 is 0 Å². The molecule has 1 aromatic carbocycles. The normalized spacial score (nSPS) is 18.2. The van der Waals surface area contributed by atoms with Crippen molar-refractivity contribution in [1.29, 1.82) is 0 Å². The van der Waals surface area contributed by atoms with Gasteiger partial charge in [-0.15, -0.1) is 0 Å². The van der Waals surface area contributed by atoms with Crippen LogP contribution in [0.15, 0.2) is 42.7 Å². The second kappa shape index (κ2) is 5.74. The van der Waals surface area contributed by atoms with Crippen molar-refractivity contribution in [3.63, 3.8) is 0 Å². The number of fused-ring (bicyclic) bond motifs is 1. The molecule has 2 aromatic rings. The molecule has 4 heteroatoms. The summed E-state index contributed by atoms with van der Waals surface area (Å²) in [6.45, 7) is 4.59. The lowest BCUT2D eigenvalue weighted by Crippen LogP contribution is -2.21. The minimum absolute atomic E-state index is 0.119. The van der Waals surface area contributed by atoms with Crippen LogP contribution < -0.4 is 15.2 Å². The first-order valence-corrected chi connectivity index (χ1v) is 7.24. The smallest absolute Gasteiger partial charge is 0.138 e. The first-order valence-electron chi connectivity index (χ1n) is 7.24. The fraction of sp³-hybridized carbons (Fsp3) is 0.353. The number of hydrogen-bond acceptors (Lipinski definition) is 4. The Hall–Kier alpha value is -2.07. The van der Waals surface area contributed by atoms with E-state index in [9.17, 15) is 0 Å². The van der Waals surface area contributed by atoms with Gasteiger partial charge in [-0.2, -0.15) is 0 Å². The number of nitrogens with two attached hydrogens (primary N) is 1. The van der Waals surface area contributed by atoms with Crippen LogP contribution in [0.3, 0.4) is 0 Å². The van der Waals surface area contributed by atoms with E-state index in [1.165, 1.54) is 5.56 Å². The Bertz CT molecular complexity index is 628. The molecule has 1 aliphatic rings. The topological polar surface area (TPSA) is 57.4 Å². The van der Waals surface area contributed by atoms with E-state index < -0.39 is 0 Å². The molecule has 2 unspecified atom stereocenters. The number of hydrogen-bond donors (Lipinski definition) is 1. The first kappa shape index (κ1) is 13.9. The fourth-order valence-electron chi connectivity index (χ4n) is 2.67. The maximum Gasteiger partial charge on any atom is 0.138 e. The third-order valence-electron chi connectivity index (χ3n) is 3.66. The van der Waals surface area contributed by atoms with E-state index in [0.29, 0.717) is 6.61 Å². The van der Waals surface area contributed by atoms with Crippen molar-refractivity contribution >= 4 is 0 Å². The summed E-state index contributed by atoms with van der Waals surface area (Å²) in [5.74, 6) is 1.84. The molecule has 110 valence electrons. The molecule has 0 amide bonds. The molecule has 2 heterocycles. The summed E-state index contributed by atoms with van der Waals surface area (Å²) in [5, 5.41) is 0. The summed E-state index contributed by atoms with van der Waals surface area (Å²) >= 11 is 0. The van der Waals surface area contributed by atoms with Crippen molar-refractivity contribution in [3.05, 3.63) is 53.9 Å². The van der Waals surface area contributed by atoms with Gasteiger partial charge >= 0.3 is 0 Å². The van der Waals surface area contributed by atoms with E-state index in [1.807, 2.05) is 38.1 Å². The Morgan fingerprint density at radius 2 is 2.10 bits per heavy atom. The number of benzene rings is 1. The second-order valence-corrected chi connectivity index (χ2v) is 5.60. The SMILES string of the molecule is CC(C)Oc1cncc(C(N)C2COc3ccccc32)c1. The molecule has 0 radical (unpaired) electrons. The zero-order valence-electron chi connectivity index (χ0n) is 12.3. The molecule has 3 rings (SSSR count). The van der Waals surface area contributed by atoms with Crippen LogP contribution in [0, 0.1) is 0 Å². The van der Waals surface area contributed by atoms with E-state index in [0.717, 1.165) is 17.1 Å². The molecule has 0 saturated heterocycles. The number of rotatable bonds is 4. The third-order valence-corrected chi connectivity index (χ3v) is 3.66. The zero-order chi connectivity index (χ0) is 14.8. The maximum absolute atomic E-state index is 6.44. The molecule has 0 spiro atoms. The van der Waals surface area contributed by atoms with Gasteiger partial charge in [0, 0.05) is 23.7 Å². The van der Waals surface area contributed by atoms with Gasteiger partial charge in [0.1, 0.15) is 11.5 Å². The number of ether oxygens (including phenoxy) is 2. The Kier molecular flexibility index (Phi) is 3.80. The van der Waals surface area contributed by atoms with Crippen LogP contribution in [0.25, 0.3) is 0 Å². The average Bonchev–Trinajstić information content (AvgIpc) is 2.90.